The van der Waals surface area contributed by atoms with Crippen molar-refractivity contribution in [3.63, 3.8) is 0 Å². The molecule has 4 rings (SSSR count). The Hall–Kier alpha value is -3.70. The molecule has 0 aromatic carbocycles. The number of Topliss-reactive ketones (excluding diaryl/α,β-unsaturated/α-hetero) is 1. The standard InChI is InChI=1S/C29H29F3N4O.2H2/c1-18(2)25-12-21(14-35-28(25)33-4)16-36-8-7-24-22(17-36)9-19(3)10-26(24)27(37)6-5-20-11-23(15-34-13-20)29(30,31)32;;/h10-15,19H,1,7-9,16-17H2,2-4H3,(H,33,35);2*1H. The molecule has 0 fully saturated rings. The topological polar surface area (TPSA) is 58.1 Å². The quantitative estimate of drug-likeness (QED) is 0.489. The van der Waals surface area contributed by atoms with Gasteiger partial charge in [-0.1, -0.05) is 31.1 Å². The monoisotopic (exact) mass is 510 g/mol. The number of allylic oxidation sites excluding steroid dienone is 3. The lowest BCUT2D eigenvalue weighted by molar-refractivity contribution is -0.137. The van der Waals surface area contributed by atoms with Crippen molar-refractivity contribution in [3.05, 3.63) is 82.4 Å². The normalized spacial score (nSPS) is 17.9. The first kappa shape index (κ1) is 26.4. The van der Waals surface area contributed by atoms with Crippen LogP contribution in [-0.2, 0) is 17.5 Å². The lowest BCUT2D eigenvalue weighted by atomic mass is 9.80. The second-order valence-corrected chi connectivity index (χ2v) is 9.61. The lowest BCUT2D eigenvalue weighted by Crippen LogP contribution is -2.34. The van der Waals surface area contributed by atoms with Crippen LogP contribution in [0.25, 0.3) is 5.57 Å². The van der Waals surface area contributed by atoms with Gasteiger partial charge >= 0.3 is 6.18 Å². The van der Waals surface area contributed by atoms with Gasteiger partial charge in [0.1, 0.15) is 5.82 Å². The second-order valence-electron chi connectivity index (χ2n) is 9.61. The summed E-state index contributed by atoms with van der Waals surface area (Å²) in [5.41, 5.74) is 5.01. The maximum absolute atomic E-state index is 13.0. The average Bonchev–Trinajstić information content (AvgIpc) is 2.86. The Balaban J connectivity index is 0.00000267. The zero-order valence-electron chi connectivity index (χ0n) is 21.2. The molecular formula is C29H33F3N4O. The van der Waals surface area contributed by atoms with Gasteiger partial charge in [-0.25, -0.2) is 4.98 Å². The summed E-state index contributed by atoms with van der Waals surface area (Å²) in [4.78, 5) is 23.5. The molecule has 1 unspecified atom stereocenters. The fourth-order valence-electron chi connectivity index (χ4n) is 4.82. The molecule has 0 saturated carbocycles. The maximum atomic E-state index is 13.0. The van der Waals surface area contributed by atoms with Crippen LogP contribution in [0.2, 0.25) is 0 Å². The average molecular weight is 511 g/mol. The van der Waals surface area contributed by atoms with Crippen molar-refractivity contribution in [1.29, 1.82) is 0 Å². The van der Waals surface area contributed by atoms with E-state index in [0.29, 0.717) is 12.0 Å². The molecule has 0 bridgehead atoms. The number of halogens is 3. The zero-order valence-corrected chi connectivity index (χ0v) is 21.2. The van der Waals surface area contributed by atoms with E-state index in [4.69, 9.17) is 0 Å². The lowest BCUT2D eigenvalue weighted by Gasteiger charge is -2.34. The predicted octanol–water partition coefficient (Wildman–Crippen LogP) is 6.15. The Kier molecular flexibility index (Phi) is 7.65. The van der Waals surface area contributed by atoms with Gasteiger partial charge in [0.05, 0.1) is 5.56 Å². The molecule has 0 radical (unpaired) electrons. The van der Waals surface area contributed by atoms with Gasteiger partial charge in [0.2, 0.25) is 5.78 Å². The van der Waals surface area contributed by atoms with E-state index in [2.05, 4.69) is 51.6 Å². The Morgan fingerprint density at radius 3 is 2.78 bits per heavy atom. The summed E-state index contributed by atoms with van der Waals surface area (Å²) in [7, 11) is 1.84. The largest absolute Gasteiger partial charge is 0.417 e. The van der Waals surface area contributed by atoms with Gasteiger partial charge in [0.15, 0.2) is 0 Å². The first-order valence-corrected chi connectivity index (χ1v) is 12.1. The Morgan fingerprint density at radius 2 is 2.08 bits per heavy atom. The summed E-state index contributed by atoms with van der Waals surface area (Å²) in [6.07, 6.45) is 2.85. The minimum Gasteiger partial charge on any atom is -0.373 e. The highest BCUT2D eigenvalue weighted by atomic mass is 19.4. The molecule has 1 aliphatic carbocycles. The SMILES string of the molecule is C=C(C)c1cc(CN2CCC3=C(CC(C)C=C3C(=O)C#Cc3cncc(C(F)(F)F)c3)C2)cnc1NC.[HH].[HH]. The fraction of sp³-hybridized carbons (Fsp3) is 0.345. The van der Waals surface area contributed by atoms with Crippen LogP contribution in [-0.4, -0.2) is 40.8 Å². The number of aromatic nitrogens is 2. The van der Waals surface area contributed by atoms with Gasteiger partial charge in [-0.2, -0.15) is 13.2 Å². The van der Waals surface area contributed by atoms with Gasteiger partial charge in [0, 0.05) is 64.8 Å². The number of carbonyl (C=O) groups excluding carboxylic acids is 1. The summed E-state index contributed by atoms with van der Waals surface area (Å²) in [6.45, 7) is 10.3. The number of hydrogen-bond donors (Lipinski definition) is 1. The number of carbonyl (C=O) groups is 1. The molecule has 1 N–H and O–H groups in total. The van der Waals surface area contributed by atoms with Gasteiger partial charge in [-0.15, -0.1) is 0 Å². The van der Waals surface area contributed by atoms with E-state index < -0.39 is 11.7 Å². The summed E-state index contributed by atoms with van der Waals surface area (Å²) < 4.78 is 38.9. The van der Waals surface area contributed by atoms with E-state index in [-0.39, 0.29) is 20.1 Å². The fourth-order valence-corrected chi connectivity index (χ4v) is 4.82. The molecule has 2 aromatic heterocycles. The highest BCUT2D eigenvalue weighted by Crippen LogP contribution is 2.35. The van der Waals surface area contributed by atoms with Crippen LogP contribution in [0.5, 0.6) is 0 Å². The molecular weight excluding hydrogens is 477 g/mol. The van der Waals surface area contributed by atoms with Gasteiger partial charge in [-0.05, 0) is 60.4 Å². The highest BCUT2D eigenvalue weighted by Gasteiger charge is 2.31. The summed E-state index contributed by atoms with van der Waals surface area (Å²) in [5.74, 6) is 5.72. The maximum Gasteiger partial charge on any atom is 0.417 e. The number of pyridine rings is 2. The Bertz CT molecular complexity index is 1370. The number of rotatable bonds is 5. The molecule has 5 nitrogen and oxygen atoms in total. The molecule has 1 atom stereocenters. The van der Waals surface area contributed by atoms with E-state index >= 15 is 0 Å². The van der Waals surface area contributed by atoms with Crippen LogP contribution < -0.4 is 5.32 Å². The first-order valence-electron chi connectivity index (χ1n) is 12.1. The smallest absolute Gasteiger partial charge is 0.373 e. The molecule has 196 valence electrons. The van der Waals surface area contributed by atoms with Crippen molar-refractivity contribution in [3.8, 4) is 11.8 Å². The molecule has 8 heteroatoms. The van der Waals surface area contributed by atoms with Crippen molar-refractivity contribution in [1.82, 2.24) is 14.9 Å². The van der Waals surface area contributed by atoms with Gasteiger partial charge in [0.25, 0.3) is 0 Å². The van der Waals surface area contributed by atoms with Crippen molar-refractivity contribution in [2.75, 3.05) is 25.5 Å². The van der Waals surface area contributed by atoms with Crippen LogP contribution >= 0.6 is 0 Å². The number of alkyl halides is 3. The zero-order chi connectivity index (χ0) is 26.7. The van der Waals surface area contributed by atoms with Crippen molar-refractivity contribution in [2.45, 2.75) is 39.4 Å². The second kappa shape index (κ2) is 10.7. The van der Waals surface area contributed by atoms with Crippen LogP contribution in [0.3, 0.4) is 0 Å². The predicted molar refractivity (Wildman–Crippen MR) is 143 cm³/mol. The summed E-state index contributed by atoms with van der Waals surface area (Å²) in [5, 5.41) is 3.10. The first-order chi connectivity index (χ1) is 17.5. The van der Waals surface area contributed by atoms with E-state index in [1.54, 1.807) is 0 Å². The molecule has 0 amide bonds. The third-order valence-corrected chi connectivity index (χ3v) is 6.54. The van der Waals surface area contributed by atoms with Gasteiger partial charge < -0.3 is 5.32 Å². The molecule has 0 saturated heterocycles. The van der Waals surface area contributed by atoms with Crippen molar-refractivity contribution in [2.24, 2.45) is 5.92 Å². The highest BCUT2D eigenvalue weighted by molar-refractivity contribution is 6.12. The minimum atomic E-state index is -4.51. The Morgan fingerprint density at radius 1 is 1.30 bits per heavy atom. The van der Waals surface area contributed by atoms with E-state index in [1.165, 1.54) is 11.8 Å². The number of anilines is 1. The third-order valence-electron chi connectivity index (χ3n) is 6.54. The van der Waals surface area contributed by atoms with E-state index in [0.717, 1.165) is 66.4 Å². The third kappa shape index (κ3) is 6.17. The van der Waals surface area contributed by atoms with Crippen LogP contribution in [0.15, 0.2) is 60.1 Å². The van der Waals surface area contributed by atoms with Crippen LogP contribution in [0.4, 0.5) is 19.0 Å². The molecule has 3 heterocycles. The number of hydrogen-bond acceptors (Lipinski definition) is 5. The Labute approximate surface area is 218 Å². The van der Waals surface area contributed by atoms with E-state index in [1.807, 2.05) is 26.2 Å². The molecule has 1 aliphatic heterocycles. The summed E-state index contributed by atoms with van der Waals surface area (Å²) >= 11 is 0. The number of nitrogens with zero attached hydrogens (tertiary/aromatic N) is 3. The minimum absolute atomic E-state index is 0. The number of nitrogens with one attached hydrogen (secondary N) is 1. The molecule has 2 aliphatic rings. The van der Waals surface area contributed by atoms with E-state index in [9.17, 15) is 18.0 Å². The van der Waals surface area contributed by atoms with Crippen molar-refractivity contribution < 1.29 is 20.8 Å². The molecule has 37 heavy (non-hydrogen) atoms. The number of ketones is 1. The molecule has 0 spiro atoms. The van der Waals surface area contributed by atoms with Crippen LogP contribution in [0.1, 0.15) is 51.8 Å². The van der Waals surface area contributed by atoms with Crippen molar-refractivity contribution >= 4 is 17.2 Å². The summed E-state index contributed by atoms with van der Waals surface area (Å²) in [6, 6.07) is 3.02. The van der Waals surface area contributed by atoms with Gasteiger partial charge in [-0.3, -0.25) is 14.7 Å². The van der Waals surface area contributed by atoms with Crippen LogP contribution in [0, 0.1) is 17.8 Å². The molecule has 2 aromatic rings.